The van der Waals surface area contributed by atoms with Gasteiger partial charge in [0.25, 0.3) is 5.91 Å². The number of benzene rings is 3. The fourth-order valence-electron chi connectivity index (χ4n) is 4.37. The molecule has 0 atom stereocenters. The quantitative estimate of drug-likeness (QED) is 0.283. The highest BCUT2D eigenvalue weighted by Crippen LogP contribution is 2.36. The first-order valence-electron chi connectivity index (χ1n) is 11.9. The molecule has 4 aromatic rings. The fraction of sp³-hybridized carbons (Fsp3) is 0.100. The van der Waals surface area contributed by atoms with Crippen molar-refractivity contribution in [3.63, 3.8) is 0 Å². The molecule has 1 fully saturated rings. The number of thioether (sulfide) groups is 1. The maximum Gasteiger partial charge on any atom is 0.335 e. The van der Waals surface area contributed by atoms with Crippen molar-refractivity contribution in [2.75, 3.05) is 0 Å². The summed E-state index contributed by atoms with van der Waals surface area (Å²) in [6.45, 7) is 4.13. The standard InChI is InChI=1S/C30H24FN3O3S/c1-19-15-23(20(2)34(19)26-10-6-7-24(31)17-26)16-27-28(35)33(18-21-11-13-22(14-12-21)29(36)37)30(38-27)32-25-8-4-3-5-9-25/h3-17H,18H2,1-2H3,(H,36,37). The van der Waals surface area contributed by atoms with Crippen LogP contribution in [0.5, 0.6) is 0 Å². The molecule has 3 aromatic carbocycles. The molecular formula is C30H24FN3O3S. The largest absolute Gasteiger partial charge is 0.478 e. The van der Waals surface area contributed by atoms with E-state index in [0.717, 1.165) is 28.2 Å². The summed E-state index contributed by atoms with van der Waals surface area (Å²) < 4.78 is 15.8. The predicted octanol–water partition coefficient (Wildman–Crippen LogP) is 6.74. The molecule has 1 saturated heterocycles. The number of aromatic carboxylic acids is 1. The average Bonchev–Trinajstić information content (AvgIpc) is 3.34. The first-order valence-corrected chi connectivity index (χ1v) is 12.7. The van der Waals surface area contributed by atoms with Gasteiger partial charge in [-0.15, -0.1) is 0 Å². The minimum atomic E-state index is -1.00. The van der Waals surface area contributed by atoms with Gasteiger partial charge in [-0.05, 0) is 91.3 Å². The van der Waals surface area contributed by atoms with Gasteiger partial charge in [-0.1, -0.05) is 36.4 Å². The van der Waals surface area contributed by atoms with Gasteiger partial charge in [0.1, 0.15) is 5.82 Å². The van der Waals surface area contributed by atoms with Crippen LogP contribution in [0.3, 0.4) is 0 Å². The number of carboxylic acids is 1. The van der Waals surface area contributed by atoms with E-state index in [-0.39, 0.29) is 23.8 Å². The highest BCUT2D eigenvalue weighted by Gasteiger charge is 2.34. The molecule has 190 valence electrons. The van der Waals surface area contributed by atoms with Gasteiger partial charge in [-0.3, -0.25) is 9.69 Å². The number of hydrogen-bond acceptors (Lipinski definition) is 4. The summed E-state index contributed by atoms with van der Waals surface area (Å²) in [6.07, 6.45) is 1.85. The minimum Gasteiger partial charge on any atom is -0.478 e. The Labute approximate surface area is 223 Å². The van der Waals surface area contributed by atoms with Crippen LogP contribution in [0.1, 0.15) is 32.9 Å². The molecule has 1 aliphatic heterocycles. The van der Waals surface area contributed by atoms with Gasteiger partial charge in [0, 0.05) is 17.1 Å². The van der Waals surface area contributed by atoms with Crippen LogP contribution in [-0.2, 0) is 11.3 Å². The van der Waals surface area contributed by atoms with Crippen molar-refractivity contribution in [1.82, 2.24) is 9.47 Å². The number of rotatable bonds is 6. The van der Waals surface area contributed by atoms with Gasteiger partial charge < -0.3 is 9.67 Å². The van der Waals surface area contributed by atoms with E-state index in [2.05, 4.69) is 0 Å². The summed E-state index contributed by atoms with van der Waals surface area (Å²) in [5.74, 6) is -1.51. The third-order valence-corrected chi connectivity index (χ3v) is 7.24. The highest BCUT2D eigenvalue weighted by atomic mass is 32.2. The topological polar surface area (TPSA) is 74.9 Å². The van der Waals surface area contributed by atoms with Crippen LogP contribution >= 0.6 is 11.8 Å². The number of aliphatic imine (C=N–C) groups is 1. The van der Waals surface area contributed by atoms with E-state index in [1.54, 1.807) is 23.1 Å². The Hall–Kier alpha value is -4.43. The summed E-state index contributed by atoms with van der Waals surface area (Å²) >= 11 is 1.29. The second-order valence-corrected chi connectivity index (χ2v) is 9.88. The molecule has 0 spiro atoms. The Kier molecular flexibility index (Phi) is 6.98. The number of carboxylic acid groups (broad SMARTS) is 1. The zero-order valence-electron chi connectivity index (χ0n) is 20.8. The lowest BCUT2D eigenvalue weighted by Crippen LogP contribution is -2.28. The number of carbonyl (C=O) groups is 2. The number of halogens is 1. The van der Waals surface area contributed by atoms with Crippen LogP contribution in [-0.4, -0.2) is 31.6 Å². The summed E-state index contributed by atoms with van der Waals surface area (Å²) in [5.41, 5.74) is 5.07. The second-order valence-electron chi connectivity index (χ2n) is 8.88. The zero-order chi connectivity index (χ0) is 26.8. The van der Waals surface area contributed by atoms with Crippen LogP contribution in [0.25, 0.3) is 11.8 Å². The third-order valence-electron chi connectivity index (χ3n) is 6.23. The Morgan fingerprint density at radius 1 is 1.00 bits per heavy atom. The van der Waals surface area contributed by atoms with Gasteiger partial charge >= 0.3 is 5.97 Å². The van der Waals surface area contributed by atoms with Crippen LogP contribution in [0.2, 0.25) is 0 Å². The summed E-state index contributed by atoms with van der Waals surface area (Å²) in [5, 5.41) is 9.73. The molecule has 1 N–H and O–H groups in total. The van der Waals surface area contributed by atoms with E-state index >= 15 is 0 Å². The molecule has 0 aliphatic carbocycles. The van der Waals surface area contributed by atoms with Crippen molar-refractivity contribution in [1.29, 1.82) is 0 Å². The van der Waals surface area contributed by atoms with Crippen molar-refractivity contribution >= 4 is 40.6 Å². The Morgan fingerprint density at radius 2 is 1.74 bits per heavy atom. The first-order chi connectivity index (χ1) is 18.3. The van der Waals surface area contributed by atoms with E-state index in [0.29, 0.717) is 15.8 Å². The lowest BCUT2D eigenvalue weighted by Gasteiger charge is -2.16. The maximum absolute atomic E-state index is 13.9. The normalized spacial score (nSPS) is 15.6. The molecule has 0 radical (unpaired) electrons. The molecule has 8 heteroatoms. The van der Waals surface area contributed by atoms with Crippen molar-refractivity contribution in [2.24, 2.45) is 4.99 Å². The number of amidine groups is 1. The SMILES string of the molecule is Cc1cc(C=C2SC(=Nc3ccccc3)N(Cc3ccc(C(=O)O)cc3)C2=O)c(C)n1-c1cccc(F)c1. The molecule has 2 heterocycles. The molecule has 0 saturated carbocycles. The molecule has 38 heavy (non-hydrogen) atoms. The molecule has 0 unspecified atom stereocenters. The van der Waals surface area contributed by atoms with Crippen LogP contribution in [0.4, 0.5) is 10.1 Å². The number of carbonyl (C=O) groups excluding carboxylic acids is 1. The summed E-state index contributed by atoms with van der Waals surface area (Å²) in [4.78, 5) is 31.7. The molecule has 6 nitrogen and oxygen atoms in total. The van der Waals surface area contributed by atoms with Gasteiger partial charge in [-0.2, -0.15) is 0 Å². The van der Waals surface area contributed by atoms with E-state index < -0.39 is 5.97 Å². The molecule has 1 aromatic heterocycles. The zero-order valence-corrected chi connectivity index (χ0v) is 21.6. The van der Waals surface area contributed by atoms with E-state index in [9.17, 15) is 19.1 Å². The molecule has 0 bridgehead atoms. The van der Waals surface area contributed by atoms with Gasteiger partial charge in [0.15, 0.2) is 5.17 Å². The number of aromatic nitrogens is 1. The number of hydrogen-bond donors (Lipinski definition) is 1. The minimum absolute atomic E-state index is 0.184. The molecule has 1 aliphatic rings. The maximum atomic E-state index is 13.9. The fourth-order valence-corrected chi connectivity index (χ4v) is 5.36. The van der Waals surface area contributed by atoms with E-state index in [1.165, 1.54) is 36.0 Å². The molecule has 5 rings (SSSR count). The number of aryl methyl sites for hydroxylation is 1. The number of nitrogens with zero attached hydrogens (tertiary/aromatic N) is 3. The van der Waals surface area contributed by atoms with Crippen molar-refractivity contribution < 1.29 is 19.1 Å². The van der Waals surface area contributed by atoms with Crippen LogP contribution in [0, 0.1) is 19.7 Å². The monoisotopic (exact) mass is 525 g/mol. The summed E-state index contributed by atoms with van der Waals surface area (Å²) in [6, 6.07) is 24.2. The van der Waals surface area contributed by atoms with Crippen molar-refractivity contribution in [3.05, 3.63) is 124 Å². The van der Waals surface area contributed by atoms with Crippen LogP contribution in [0.15, 0.2) is 94.8 Å². The van der Waals surface area contributed by atoms with E-state index in [1.807, 2.05) is 67.0 Å². The summed E-state index contributed by atoms with van der Waals surface area (Å²) in [7, 11) is 0. The predicted molar refractivity (Wildman–Crippen MR) is 148 cm³/mol. The Morgan fingerprint density at radius 3 is 2.42 bits per heavy atom. The van der Waals surface area contributed by atoms with E-state index in [4.69, 9.17) is 4.99 Å². The van der Waals surface area contributed by atoms with Gasteiger partial charge in [0.05, 0.1) is 22.7 Å². The van der Waals surface area contributed by atoms with Crippen molar-refractivity contribution in [2.45, 2.75) is 20.4 Å². The number of amides is 1. The Balaban J connectivity index is 1.51. The third kappa shape index (κ3) is 5.17. The lowest BCUT2D eigenvalue weighted by molar-refractivity contribution is -0.122. The Bertz CT molecular complexity index is 1590. The average molecular weight is 526 g/mol. The molecular weight excluding hydrogens is 501 g/mol. The lowest BCUT2D eigenvalue weighted by atomic mass is 10.1. The second kappa shape index (κ2) is 10.5. The molecule has 1 amide bonds. The first kappa shape index (κ1) is 25.2. The van der Waals surface area contributed by atoms with Crippen molar-refractivity contribution in [3.8, 4) is 5.69 Å². The smallest absolute Gasteiger partial charge is 0.335 e. The van der Waals surface area contributed by atoms with Crippen LogP contribution < -0.4 is 0 Å². The number of para-hydroxylation sites is 1. The van der Waals surface area contributed by atoms with Gasteiger partial charge in [-0.25, -0.2) is 14.2 Å². The van der Waals surface area contributed by atoms with Gasteiger partial charge in [0.2, 0.25) is 0 Å². The highest BCUT2D eigenvalue weighted by molar-refractivity contribution is 8.18.